The maximum Gasteiger partial charge on any atom is 0.255 e. The van der Waals surface area contributed by atoms with Crippen LogP contribution in [0, 0.1) is 0 Å². The number of carbonyl (C=O) groups excluding carboxylic acids is 1. The van der Waals surface area contributed by atoms with Crippen LogP contribution >= 0.6 is 39.0 Å². The van der Waals surface area contributed by atoms with Crippen molar-refractivity contribution in [3.8, 4) is 0 Å². The van der Waals surface area contributed by atoms with Crippen LogP contribution in [-0.2, 0) is 0 Å². The molecule has 0 atom stereocenters. The predicted octanol–water partition coefficient (Wildman–Crippen LogP) is 3.47. The quantitative estimate of drug-likeness (QED) is 0.641. The van der Waals surface area contributed by atoms with Gasteiger partial charge < -0.3 is 4.42 Å². The first kappa shape index (κ1) is 10.9. The van der Waals surface area contributed by atoms with E-state index in [0.717, 1.165) is 8.66 Å². The second-order valence-corrected chi connectivity index (χ2v) is 6.00. The summed E-state index contributed by atoms with van der Waals surface area (Å²) in [6.45, 7) is 0. The fourth-order valence-electron chi connectivity index (χ4n) is 0.944. The molecule has 0 radical (unpaired) electrons. The third-order valence-electron chi connectivity index (χ3n) is 1.58. The van der Waals surface area contributed by atoms with Gasteiger partial charge in [-0.15, -0.1) is 11.3 Å². The molecule has 2 aromatic heterocycles. The monoisotopic (exact) mass is 303 g/mol. The van der Waals surface area contributed by atoms with Crippen LogP contribution in [0.4, 0.5) is 0 Å². The van der Waals surface area contributed by atoms with Gasteiger partial charge in [0.2, 0.25) is 0 Å². The highest BCUT2D eigenvalue weighted by Crippen LogP contribution is 2.24. The third kappa shape index (κ3) is 2.93. The zero-order valence-electron chi connectivity index (χ0n) is 7.47. The summed E-state index contributed by atoms with van der Waals surface area (Å²) in [6, 6.07) is 3.68. The maximum atomic E-state index is 11.7. The van der Waals surface area contributed by atoms with Crippen molar-refractivity contribution in [3.63, 3.8) is 0 Å². The second-order valence-electron chi connectivity index (χ2n) is 2.61. The number of nitrogens with zero attached hydrogens (tertiary/aromatic N) is 1. The first-order chi connectivity index (χ1) is 7.25. The summed E-state index contributed by atoms with van der Waals surface area (Å²) in [5.74, 6) is 0.446. The topological polar surface area (TPSA) is 43.1 Å². The molecule has 2 heterocycles. The predicted molar refractivity (Wildman–Crippen MR) is 63.6 cm³/mol. The van der Waals surface area contributed by atoms with Crippen molar-refractivity contribution < 1.29 is 9.21 Å². The third-order valence-corrected chi connectivity index (χ3v) is 4.10. The first-order valence-corrected chi connectivity index (χ1v) is 6.66. The Morgan fingerprint density at radius 3 is 3.07 bits per heavy atom. The molecule has 0 aromatic carbocycles. The van der Waals surface area contributed by atoms with Gasteiger partial charge in [0.1, 0.15) is 6.26 Å². The normalized spacial score (nSPS) is 10.5. The summed E-state index contributed by atoms with van der Waals surface area (Å²) in [6.07, 6.45) is 3.06. The van der Waals surface area contributed by atoms with Crippen LogP contribution in [0.1, 0.15) is 9.67 Å². The van der Waals surface area contributed by atoms with Gasteiger partial charge in [-0.25, -0.2) is 4.98 Å². The van der Waals surface area contributed by atoms with E-state index in [0.29, 0.717) is 11.0 Å². The van der Waals surface area contributed by atoms with Crippen LogP contribution in [0.5, 0.6) is 0 Å². The van der Waals surface area contributed by atoms with Gasteiger partial charge in [-0.2, -0.15) is 0 Å². The first-order valence-electron chi connectivity index (χ1n) is 4.06. The standard InChI is InChI=1S/C9H6BrNO2S2/c10-8-2-1-7(15-8)6(12)5-14-9-11-3-4-13-9/h1-4H,5H2. The van der Waals surface area contributed by atoms with Gasteiger partial charge in [-0.3, -0.25) is 4.79 Å². The number of Topliss-reactive ketones (excluding diaryl/α,β-unsaturated/α-hetero) is 1. The summed E-state index contributed by atoms with van der Waals surface area (Å²) in [7, 11) is 0. The van der Waals surface area contributed by atoms with Gasteiger partial charge in [0.25, 0.3) is 5.22 Å². The highest BCUT2D eigenvalue weighted by Gasteiger charge is 2.10. The van der Waals surface area contributed by atoms with Crippen LogP contribution in [-0.4, -0.2) is 16.5 Å². The Kier molecular flexibility index (Phi) is 3.61. The lowest BCUT2D eigenvalue weighted by Gasteiger charge is -1.93. The molecule has 0 amide bonds. The van der Waals surface area contributed by atoms with Crippen LogP contribution < -0.4 is 0 Å². The Morgan fingerprint density at radius 1 is 1.60 bits per heavy atom. The van der Waals surface area contributed by atoms with E-state index in [2.05, 4.69) is 20.9 Å². The number of thiophene rings is 1. The highest BCUT2D eigenvalue weighted by atomic mass is 79.9. The maximum absolute atomic E-state index is 11.7. The summed E-state index contributed by atoms with van der Waals surface area (Å²) in [5, 5.41) is 0.527. The number of ketones is 1. The molecule has 0 N–H and O–H groups in total. The van der Waals surface area contributed by atoms with Crippen LogP contribution in [0.25, 0.3) is 0 Å². The average molecular weight is 304 g/mol. The molecule has 0 unspecified atom stereocenters. The number of oxazole rings is 1. The summed E-state index contributed by atoms with van der Waals surface area (Å²) < 4.78 is 5.98. The number of thioether (sulfide) groups is 1. The van der Waals surface area contributed by atoms with Crippen LogP contribution in [0.2, 0.25) is 0 Å². The second kappa shape index (κ2) is 4.96. The van der Waals surface area contributed by atoms with Gasteiger partial charge in [0.15, 0.2) is 5.78 Å². The number of hydrogen-bond donors (Lipinski definition) is 0. The van der Waals surface area contributed by atoms with Crippen molar-refractivity contribution in [1.82, 2.24) is 4.98 Å². The Morgan fingerprint density at radius 2 is 2.47 bits per heavy atom. The molecule has 0 fully saturated rings. The van der Waals surface area contributed by atoms with E-state index >= 15 is 0 Å². The number of aromatic nitrogens is 1. The van der Waals surface area contributed by atoms with Crippen molar-refractivity contribution in [2.75, 3.05) is 5.75 Å². The fourth-order valence-corrected chi connectivity index (χ4v) is 3.03. The van der Waals surface area contributed by atoms with Crippen molar-refractivity contribution >= 4 is 44.8 Å². The molecule has 0 aliphatic rings. The Labute approximate surface area is 103 Å². The number of rotatable bonds is 4. The van der Waals surface area contributed by atoms with Crippen molar-refractivity contribution in [2.45, 2.75) is 5.22 Å². The molecule has 0 saturated heterocycles. The molecule has 0 saturated carbocycles. The number of carbonyl (C=O) groups is 1. The molecular formula is C9H6BrNO2S2. The van der Waals surface area contributed by atoms with Crippen LogP contribution in [0.15, 0.2) is 38.0 Å². The minimum Gasteiger partial charge on any atom is -0.440 e. The lowest BCUT2D eigenvalue weighted by atomic mass is 10.4. The average Bonchev–Trinajstić information content (AvgIpc) is 2.84. The van der Waals surface area contributed by atoms with E-state index in [1.807, 2.05) is 12.1 Å². The van der Waals surface area contributed by atoms with Gasteiger partial charge in [-0.1, -0.05) is 11.8 Å². The van der Waals surface area contributed by atoms with Crippen LogP contribution in [0.3, 0.4) is 0 Å². The molecule has 3 nitrogen and oxygen atoms in total. The molecule has 0 aliphatic carbocycles. The lowest BCUT2D eigenvalue weighted by molar-refractivity contribution is 0.102. The van der Waals surface area contributed by atoms with E-state index in [4.69, 9.17) is 4.42 Å². The molecule has 0 spiro atoms. The zero-order valence-corrected chi connectivity index (χ0v) is 10.7. The van der Waals surface area contributed by atoms with Crippen molar-refractivity contribution in [2.24, 2.45) is 0 Å². The minimum absolute atomic E-state index is 0.0916. The largest absolute Gasteiger partial charge is 0.440 e. The Bertz CT molecular complexity index is 452. The SMILES string of the molecule is O=C(CSc1ncco1)c1ccc(Br)s1. The summed E-state index contributed by atoms with van der Waals surface area (Å²) >= 11 is 6.06. The van der Waals surface area contributed by atoms with E-state index in [9.17, 15) is 4.79 Å². The van der Waals surface area contributed by atoms with E-state index in [1.165, 1.54) is 29.4 Å². The number of halogens is 1. The number of hydrogen-bond acceptors (Lipinski definition) is 5. The van der Waals surface area contributed by atoms with Gasteiger partial charge in [0, 0.05) is 0 Å². The Balaban J connectivity index is 1.93. The summed E-state index contributed by atoms with van der Waals surface area (Å²) in [5.41, 5.74) is 0. The Hall–Kier alpha value is -0.590. The molecule has 0 bridgehead atoms. The zero-order chi connectivity index (χ0) is 10.7. The van der Waals surface area contributed by atoms with Crippen molar-refractivity contribution in [1.29, 1.82) is 0 Å². The lowest BCUT2D eigenvalue weighted by Crippen LogP contribution is -1.98. The molecule has 2 aromatic rings. The molecule has 6 heteroatoms. The molecule has 0 aliphatic heterocycles. The fraction of sp³-hybridized carbons (Fsp3) is 0.111. The van der Waals surface area contributed by atoms with E-state index in [1.54, 1.807) is 6.20 Å². The molecular weight excluding hydrogens is 298 g/mol. The molecule has 2 rings (SSSR count). The van der Waals surface area contributed by atoms with Gasteiger partial charge >= 0.3 is 0 Å². The van der Waals surface area contributed by atoms with E-state index in [-0.39, 0.29) is 5.78 Å². The van der Waals surface area contributed by atoms with E-state index < -0.39 is 0 Å². The molecule has 15 heavy (non-hydrogen) atoms. The molecule has 78 valence electrons. The highest BCUT2D eigenvalue weighted by molar-refractivity contribution is 9.11. The summed E-state index contributed by atoms with van der Waals surface area (Å²) in [4.78, 5) is 16.3. The smallest absolute Gasteiger partial charge is 0.255 e. The minimum atomic E-state index is 0.0916. The van der Waals surface area contributed by atoms with Crippen molar-refractivity contribution in [3.05, 3.63) is 33.3 Å². The van der Waals surface area contributed by atoms with Gasteiger partial charge in [-0.05, 0) is 28.1 Å². The van der Waals surface area contributed by atoms with Gasteiger partial charge in [0.05, 0.1) is 20.6 Å².